The normalized spacial score (nSPS) is 17.6. The van der Waals surface area contributed by atoms with Crippen molar-refractivity contribution in [3.63, 3.8) is 0 Å². The highest BCUT2D eigenvalue weighted by Crippen LogP contribution is 2.22. The second-order valence-corrected chi connectivity index (χ2v) is 3.90. The third kappa shape index (κ3) is 2.24. The number of aryl methyl sites for hydroxylation is 1. The van der Waals surface area contributed by atoms with Gasteiger partial charge in [-0.25, -0.2) is 0 Å². The summed E-state index contributed by atoms with van der Waals surface area (Å²) in [6, 6.07) is 9.10. The topological polar surface area (TPSA) is 14.1 Å². The van der Waals surface area contributed by atoms with Crippen molar-refractivity contribution < 1.29 is 0 Å². The Labute approximate surface area is 80.2 Å². The molecule has 2 rings (SSSR count). The third-order valence-corrected chi connectivity index (χ3v) is 2.69. The molecule has 0 N–H and O–H groups in total. The molecule has 1 fully saturated rings. The van der Waals surface area contributed by atoms with Gasteiger partial charge in [0.2, 0.25) is 0 Å². The van der Waals surface area contributed by atoms with E-state index in [2.05, 4.69) is 31.2 Å². The van der Waals surface area contributed by atoms with Crippen LogP contribution >= 0.6 is 0 Å². The van der Waals surface area contributed by atoms with Crippen LogP contribution < -0.4 is 5.32 Å². The molecule has 0 unspecified atom stereocenters. The maximum Gasteiger partial charge on any atom is 0.0577 e. The first-order chi connectivity index (χ1) is 6.34. The molecular weight excluding hydrogens is 158 g/mol. The molecule has 1 nitrogen and oxygen atoms in total. The number of rotatable bonds is 2. The van der Waals surface area contributed by atoms with Gasteiger partial charge in [-0.15, -0.1) is 0 Å². The molecule has 13 heavy (non-hydrogen) atoms. The number of hydrogen-bond donors (Lipinski definition) is 0. The van der Waals surface area contributed by atoms with Crippen LogP contribution in [0.3, 0.4) is 0 Å². The van der Waals surface area contributed by atoms with Crippen molar-refractivity contribution in [3.8, 4) is 0 Å². The standard InChI is InChI=1S/C12H16N/c1-10-6-8-12(9-7-10)13-11-4-2-3-5-11/h6-9,11H,2-5H2,1H3. The summed E-state index contributed by atoms with van der Waals surface area (Å²) in [7, 11) is 0. The Balaban J connectivity index is 1.97. The van der Waals surface area contributed by atoms with Gasteiger partial charge in [0.05, 0.1) is 11.7 Å². The lowest BCUT2D eigenvalue weighted by Crippen LogP contribution is -2.12. The summed E-state index contributed by atoms with van der Waals surface area (Å²) >= 11 is 0. The molecule has 1 aliphatic rings. The molecule has 1 aromatic rings. The summed E-state index contributed by atoms with van der Waals surface area (Å²) in [5.41, 5.74) is 2.46. The van der Waals surface area contributed by atoms with Gasteiger partial charge < -0.3 is 0 Å². The molecule has 0 aliphatic heterocycles. The first-order valence-electron chi connectivity index (χ1n) is 5.12. The summed E-state index contributed by atoms with van der Waals surface area (Å²) in [5, 5.41) is 4.70. The largest absolute Gasteiger partial charge is 0.282 e. The molecule has 0 atom stereocenters. The predicted octanol–water partition coefficient (Wildman–Crippen LogP) is 3.17. The van der Waals surface area contributed by atoms with E-state index >= 15 is 0 Å². The van der Waals surface area contributed by atoms with Crippen LogP contribution in [0.25, 0.3) is 0 Å². The minimum Gasteiger partial charge on any atom is -0.282 e. The van der Waals surface area contributed by atoms with E-state index in [1.165, 1.54) is 31.2 Å². The van der Waals surface area contributed by atoms with E-state index in [-0.39, 0.29) is 0 Å². The molecule has 0 bridgehead atoms. The SMILES string of the molecule is Cc1ccc([N]C2CCCC2)cc1. The third-order valence-electron chi connectivity index (χ3n) is 2.69. The molecule has 69 valence electrons. The van der Waals surface area contributed by atoms with E-state index in [9.17, 15) is 0 Å². The van der Waals surface area contributed by atoms with Gasteiger partial charge in [-0.1, -0.05) is 30.5 Å². The van der Waals surface area contributed by atoms with Crippen molar-refractivity contribution in [3.05, 3.63) is 29.8 Å². The van der Waals surface area contributed by atoms with Crippen LogP contribution in [0.1, 0.15) is 31.2 Å². The molecule has 1 aromatic carbocycles. The average Bonchev–Trinajstić information content (AvgIpc) is 2.62. The molecular formula is C12H16N. The van der Waals surface area contributed by atoms with Crippen LogP contribution in [0.5, 0.6) is 0 Å². The Hall–Kier alpha value is -0.980. The zero-order chi connectivity index (χ0) is 9.10. The van der Waals surface area contributed by atoms with Gasteiger partial charge in [0, 0.05) is 0 Å². The Morgan fingerprint density at radius 3 is 2.31 bits per heavy atom. The Bertz CT molecular complexity index is 257. The number of nitrogens with zero attached hydrogens (tertiary/aromatic N) is 1. The first kappa shape index (κ1) is 8.61. The Kier molecular flexibility index (Phi) is 2.53. The van der Waals surface area contributed by atoms with Gasteiger partial charge in [-0.3, -0.25) is 5.32 Å². The minimum atomic E-state index is 0.600. The molecule has 0 saturated heterocycles. The smallest absolute Gasteiger partial charge is 0.0577 e. The van der Waals surface area contributed by atoms with Gasteiger partial charge in [-0.2, -0.15) is 0 Å². The van der Waals surface area contributed by atoms with E-state index in [1.807, 2.05) is 0 Å². The van der Waals surface area contributed by atoms with Gasteiger partial charge in [0.25, 0.3) is 0 Å². The maximum absolute atomic E-state index is 4.70. The Morgan fingerprint density at radius 1 is 1.08 bits per heavy atom. The van der Waals surface area contributed by atoms with E-state index in [4.69, 9.17) is 5.32 Å². The summed E-state index contributed by atoms with van der Waals surface area (Å²) in [6.07, 6.45) is 5.29. The van der Waals surface area contributed by atoms with E-state index in [1.54, 1.807) is 0 Å². The lowest BCUT2D eigenvalue weighted by molar-refractivity contribution is 0.604. The van der Waals surface area contributed by atoms with Crippen LogP contribution in [0.15, 0.2) is 24.3 Å². The van der Waals surface area contributed by atoms with E-state index < -0.39 is 0 Å². The molecule has 0 heterocycles. The van der Waals surface area contributed by atoms with Gasteiger partial charge >= 0.3 is 0 Å². The zero-order valence-electron chi connectivity index (χ0n) is 8.16. The van der Waals surface area contributed by atoms with Crippen LogP contribution in [0.4, 0.5) is 5.69 Å². The van der Waals surface area contributed by atoms with E-state index in [0.717, 1.165) is 5.69 Å². The predicted molar refractivity (Wildman–Crippen MR) is 55.2 cm³/mol. The van der Waals surface area contributed by atoms with Crippen LogP contribution in [-0.2, 0) is 0 Å². The highest BCUT2D eigenvalue weighted by Gasteiger charge is 2.15. The number of benzene rings is 1. The maximum atomic E-state index is 4.70. The van der Waals surface area contributed by atoms with Gasteiger partial charge in [0.1, 0.15) is 0 Å². The monoisotopic (exact) mass is 174 g/mol. The second kappa shape index (κ2) is 3.82. The Morgan fingerprint density at radius 2 is 1.69 bits per heavy atom. The zero-order valence-corrected chi connectivity index (χ0v) is 8.16. The lowest BCUT2D eigenvalue weighted by atomic mass is 10.2. The van der Waals surface area contributed by atoms with Gasteiger partial charge in [-0.05, 0) is 31.9 Å². The summed E-state index contributed by atoms with van der Waals surface area (Å²) in [5.74, 6) is 0. The van der Waals surface area contributed by atoms with Crippen molar-refractivity contribution in [1.29, 1.82) is 0 Å². The highest BCUT2D eigenvalue weighted by molar-refractivity contribution is 5.37. The molecule has 1 saturated carbocycles. The fourth-order valence-electron chi connectivity index (χ4n) is 1.88. The highest BCUT2D eigenvalue weighted by atomic mass is 14.9. The minimum absolute atomic E-state index is 0.600. The van der Waals surface area contributed by atoms with Crippen molar-refractivity contribution in [2.45, 2.75) is 38.6 Å². The summed E-state index contributed by atoms with van der Waals surface area (Å²) in [4.78, 5) is 0. The second-order valence-electron chi connectivity index (χ2n) is 3.90. The first-order valence-corrected chi connectivity index (χ1v) is 5.12. The molecule has 0 spiro atoms. The van der Waals surface area contributed by atoms with E-state index in [0.29, 0.717) is 6.04 Å². The summed E-state index contributed by atoms with van der Waals surface area (Å²) in [6.45, 7) is 2.11. The number of hydrogen-bond acceptors (Lipinski definition) is 0. The van der Waals surface area contributed by atoms with Crippen LogP contribution in [-0.4, -0.2) is 6.04 Å². The molecule has 0 aromatic heterocycles. The van der Waals surface area contributed by atoms with Crippen molar-refractivity contribution in [2.75, 3.05) is 0 Å². The molecule has 0 amide bonds. The molecule has 1 radical (unpaired) electrons. The fourth-order valence-corrected chi connectivity index (χ4v) is 1.88. The van der Waals surface area contributed by atoms with Crippen LogP contribution in [0, 0.1) is 6.92 Å². The van der Waals surface area contributed by atoms with Crippen LogP contribution in [0.2, 0.25) is 0 Å². The summed E-state index contributed by atoms with van der Waals surface area (Å²) < 4.78 is 0. The van der Waals surface area contributed by atoms with Crippen molar-refractivity contribution >= 4 is 5.69 Å². The lowest BCUT2D eigenvalue weighted by Gasteiger charge is -2.09. The molecule has 1 aliphatic carbocycles. The average molecular weight is 174 g/mol. The van der Waals surface area contributed by atoms with Crippen molar-refractivity contribution in [1.82, 2.24) is 5.32 Å². The fraction of sp³-hybridized carbons (Fsp3) is 0.500. The van der Waals surface area contributed by atoms with Gasteiger partial charge in [0.15, 0.2) is 0 Å². The van der Waals surface area contributed by atoms with Crippen molar-refractivity contribution in [2.24, 2.45) is 0 Å². The quantitative estimate of drug-likeness (QED) is 0.654. The molecule has 1 heteroatoms.